The molecule has 12 nitrogen and oxygen atoms in total. The van der Waals surface area contributed by atoms with Gasteiger partial charge in [0.2, 0.25) is 0 Å². The number of H-pyrrole nitrogens is 1. The van der Waals surface area contributed by atoms with E-state index in [-0.39, 0.29) is 5.69 Å². The Hall–Kier alpha value is -3.81. The average Bonchev–Trinajstić information content (AvgIpc) is 3.79. The van der Waals surface area contributed by atoms with Gasteiger partial charge in [-0.05, 0) is 68.2 Å². The number of benzene rings is 2. The van der Waals surface area contributed by atoms with Crippen LogP contribution in [0.3, 0.4) is 0 Å². The zero-order valence-corrected chi connectivity index (χ0v) is 35.3. The number of aromatic nitrogens is 7. The molecule has 7 aromatic rings. The lowest BCUT2D eigenvalue weighted by atomic mass is 10.1. The molecule has 5 aromatic heterocycles. The van der Waals surface area contributed by atoms with Crippen LogP contribution in [-0.4, -0.2) is 68.8 Å². The van der Waals surface area contributed by atoms with Crippen LogP contribution in [0.15, 0.2) is 76.2 Å². The third kappa shape index (κ3) is 8.86. The topological polar surface area (TPSA) is 139 Å². The molecule has 5 heterocycles. The SMILES string of the molecule is C[Si](C)(C)CCOCn1[nH]cc2c3c(ccc21)nc1cc(Br)cnc13.C[Si](C)(C)CCOCn1ncc2c(-c3ncc(Br)cc3[N+](=O)[O-])cccc21. The van der Waals surface area contributed by atoms with Gasteiger partial charge in [0, 0.05) is 84.7 Å². The molecule has 7 rings (SSSR count). The molecule has 0 aliphatic rings. The van der Waals surface area contributed by atoms with Crippen LogP contribution in [-0.2, 0) is 22.9 Å². The van der Waals surface area contributed by atoms with Gasteiger partial charge in [0.15, 0.2) is 0 Å². The summed E-state index contributed by atoms with van der Waals surface area (Å²) in [6.45, 7) is 16.4. The summed E-state index contributed by atoms with van der Waals surface area (Å²) < 4.78 is 17.0. The van der Waals surface area contributed by atoms with Crippen molar-refractivity contribution in [3.8, 4) is 11.3 Å². The highest BCUT2D eigenvalue weighted by Crippen LogP contribution is 2.35. The van der Waals surface area contributed by atoms with Crippen molar-refractivity contribution in [3.05, 3.63) is 86.3 Å². The van der Waals surface area contributed by atoms with E-state index in [0.717, 1.165) is 60.9 Å². The van der Waals surface area contributed by atoms with E-state index < -0.39 is 21.1 Å². The summed E-state index contributed by atoms with van der Waals surface area (Å²) in [6, 6.07) is 15.5. The summed E-state index contributed by atoms with van der Waals surface area (Å²) in [4.78, 5) is 24.6. The summed E-state index contributed by atoms with van der Waals surface area (Å²) in [7, 11) is -2.20. The van der Waals surface area contributed by atoms with E-state index >= 15 is 0 Å². The summed E-state index contributed by atoms with van der Waals surface area (Å²) in [5.41, 5.74) is 5.76. The number of nitrogens with one attached hydrogen (secondary N) is 1. The van der Waals surface area contributed by atoms with E-state index in [2.05, 4.69) is 103 Å². The molecule has 2 aromatic carbocycles. The first-order valence-electron chi connectivity index (χ1n) is 17.0. The van der Waals surface area contributed by atoms with Crippen molar-refractivity contribution < 1.29 is 14.4 Å². The number of nitro groups is 1. The van der Waals surface area contributed by atoms with Crippen molar-refractivity contribution in [1.29, 1.82) is 0 Å². The molecule has 1 N–H and O–H groups in total. The lowest BCUT2D eigenvalue weighted by Gasteiger charge is -2.15. The molecule has 0 aliphatic heterocycles. The van der Waals surface area contributed by atoms with Crippen molar-refractivity contribution in [1.82, 2.24) is 34.5 Å². The van der Waals surface area contributed by atoms with Gasteiger partial charge in [0.25, 0.3) is 5.69 Å². The van der Waals surface area contributed by atoms with Gasteiger partial charge in [-0.3, -0.25) is 19.8 Å². The second kappa shape index (κ2) is 15.7. The molecule has 0 atom stereocenters. The average molecular weight is 867 g/mol. The number of hydrogen-bond donors (Lipinski definition) is 1. The zero-order valence-electron chi connectivity index (χ0n) is 30.1. The van der Waals surface area contributed by atoms with Crippen LogP contribution in [0.5, 0.6) is 0 Å². The molecule has 0 bridgehead atoms. The number of hydrogen-bond acceptors (Lipinski definition) is 8. The highest BCUT2D eigenvalue weighted by Gasteiger charge is 2.21. The van der Waals surface area contributed by atoms with Crippen LogP contribution >= 0.6 is 31.9 Å². The largest absolute Gasteiger partial charge is 0.360 e. The van der Waals surface area contributed by atoms with Gasteiger partial charge >= 0.3 is 0 Å². The molecule has 0 fully saturated rings. The number of aromatic amines is 1. The molecular weight excluding hydrogens is 824 g/mol. The molecule has 52 heavy (non-hydrogen) atoms. The first-order valence-corrected chi connectivity index (χ1v) is 26.0. The molecule has 272 valence electrons. The monoisotopic (exact) mass is 864 g/mol. The Morgan fingerprint density at radius 3 is 2.23 bits per heavy atom. The summed E-state index contributed by atoms with van der Waals surface area (Å²) >= 11 is 6.71. The number of pyridine rings is 2. The van der Waals surface area contributed by atoms with Crippen LogP contribution in [0.2, 0.25) is 51.4 Å². The lowest BCUT2D eigenvalue weighted by Crippen LogP contribution is -2.22. The fourth-order valence-corrected chi connectivity index (χ4v) is 7.88. The maximum Gasteiger partial charge on any atom is 0.296 e. The highest BCUT2D eigenvalue weighted by molar-refractivity contribution is 9.10. The Morgan fingerprint density at radius 2 is 1.52 bits per heavy atom. The normalized spacial score (nSPS) is 12.2. The van der Waals surface area contributed by atoms with Crippen molar-refractivity contribution in [2.24, 2.45) is 0 Å². The van der Waals surface area contributed by atoms with Gasteiger partial charge < -0.3 is 14.6 Å². The highest BCUT2D eigenvalue weighted by atomic mass is 79.9. The minimum atomic E-state index is -1.14. The van der Waals surface area contributed by atoms with Gasteiger partial charge in [-0.25, -0.2) is 14.6 Å². The van der Waals surface area contributed by atoms with Gasteiger partial charge in [-0.15, -0.1) is 0 Å². The molecule has 0 amide bonds. The van der Waals surface area contributed by atoms with Crippen molar-refractivity contribution >= 4 is 97.4 Å². The van der Waals surface area contributed by atoms with E-state index in [4.69, 9.17) is 14.5 Å². The van der Waals surface area contributed by atoms with Gasteiger partial charge in [-0.1, -0.05) is 51.4 Å². The van der Waals surface area contributed by atoms with Crippen LogP contribution in [0, 0.1) is 10.1 Å². The van der Waals surface area contributed by atoms with Crippen LogP contribution in [0.25, 0.3) is 55.0 Å². The minimum absolute atomic E-state index is 0.0454. The number of halogens is 2. The maximum absolute atomic E-state index is 11.5. The molecular formula is C36H42Br2N8O4Si2. The number of fused-ring (bicyclic) bond motifs is 6. The molecule has 0 radical (unpaired) electrons. The van der Waals surface area contributed by atoms with E-state index in [1.807, 2.05) is 41.3 Å². The Kier molecular flexibility index (Phi) is 11.4. The first kappa shape index (κ1) is 37.9. The molecule has 16 heteroatoms. The molecule has 0 saturated heterocycles. The Balaban J connectivity index is 0.000000179. The second-order valence-electron chi connectivity index (χ2n) is 15.1. The van der Waals surface area contributed by atoms with E-state index in [9.17, 15) is 10.1 Å². The zero-order chi connectivity index (χ0) is 37.2. The maximum atomic E-state index is 11.5. The first-order chi connectivity index (χ1) is 24.7. The minimum Gasteiger partial charge on any atom is -0.360 e. The fraction of sp³-hybridized carbons (Fsp3) is 0.333. The number of ether oxygens (including phenoxy) is 2. The van der Waals surface area contributed by atoms with Crippen LogP contribution < -0.4 is 0 Å². The predicted molar refractivity (Wildman–Crippen MR) is 220 cm³/mol. The number of nitrogens with zero attached hydrogens (tertiary/aromatic N) is 7. The van der Waals surface area contributed by atoms with Gasteiger partial charge in [0.05, 0.1) is 38.7 Å². The third-order valence-electron chi connectivity index (χ3n) is 8.57. The smallest absolute Gasteiger partial charge is 0.296 e. The van der Waals surface area contributed by atoms with Crippen molar-refractivity contribution in [2.75, 3.05) is 13.2 Å². The van der Waals surface area contributed by atoms with Crippen LogP contribution in [0.1, 0.15) is 0 Å². The van der Waals surface area contributed by atoms with Crippen molar-refractivity contribution in [2.45, 2.75) is 64.8 Å². The van der Waals surface area contributed by atoms with Crippen molar-refractivity contribution in [3.63, 3.8) is 0 Å². The van der Waals surface area contributed by atoms with E-state index in [0.29, 0.717) is 35.8 Å². The second-order valence-corrected chi connectivity index (χ2v) is 28.2. The van der Waals surface area contributed by atoms with E-state index in [1.165, 1.54) is 12.1 Å². The van der Waals surface area contributed by atoms with E-state index in [1.54, 1.807) is 17.1 Å². The summed E-state index contributed by atoms with van der Waals surface area (Å²) in [5.74, 6) is 0. The summed E-state index contributed by atoms with van der Waals surface area (Å²) in [5, 5.41) is 22.2. The quantitative estimate of drug-likeness (QED) is 0.0554. The standard InChI is InChI=1S/C18H21BrN4O3Si.C18H21BrN4OSi/c1-27(2,3)8-7-26-12-22-16-6-4-5-14(15(16)11-21-22)18-17(23(24)25)9-13(19)10-20-18;1-25(2,3)7-6-24-11-23-16-5-4-14-17(13(16)10-21-23)18-15(22-14)8-12(19)9-20-18/h4-6,9-11H,7-8,12H2,1-3H3;4-5,8-10,21H,6-7,11H2,1-3H3. The number of rotatable bonds is 12. The lowest BCUT2D eigenvalue weighted by molar-refractivity contribution is -0.384. The molecule has 0 saturated carbocycles. The molecule has 0 aliphatic carbocycles. The molecule has 0 unspecified atom stereocenters. The van der Waals surface area contributed by atoms with Gasteiger partial charge in [-0.2, -0.15) is 5.10 Å². The molecule has 0 spiro atoms. The fourth-order valence-electron chi connectivity index (χ4n) is 5.73. The predicted octanol–water partition coefficient (Wildman–Crippen LogP) is 10.2. The third-order valence-corrected chi connectivity index (χ3v) is 12.8. The summed E-state index contributed by atoms with van der Waals surface area (Å²) in [6.07, 6.45) is 7.11. The Bertz CT molecular complexity index is 2380. The van der Waals surface area contributed by atoms with Crippen LogP contribution in [0.4, 0.5) is 5.69 Å². The van der Waals surface area contributed by atoms with Gasteiger partial charge in [0.1, 0.15) is 19.2 Å². The Labute approximate surface area is 320 Å². The Morgan fingerprint density at radius 1 is 0.827 bits per heavy atom.